The number of aryl methyl sites for hydroxylation is 1. The van der Waals surface area contributed by atoms with Gasteiger partial charge in [-0.1, -0.05) is 0 Å². The number of rotatable bonds is 2. The molecule has 0 atom stereocenters. The molecule has 1 aromatic heterocycles. The van der Waals surface area contributed by atoms with Gasteiger partial charge in [-0.3, -0.25) is 4.79 Å². The van der Waals surface area contributed by atoms with E-state index >= 15 is 0 Å². The second kappa shape index (κ2) is 3.69. The van der Waals surface area contributed by atoms with Crippen molar-refractivity contribution in [3.8, 4) is 0 Å². The Hall–Kier alpha value is -1.90. The highest BCUT2D eigenvalue weighted by molar-refractivity contribution is 6.09. The molecule has 2 nitrogen and oxygen atoms in total. The van der Waals surface area contributed by atoms with Gasteiger partial charge in [0.05, 0.1) is 11.8 Å². The second-order valence-electron chi connectivity index (χ2n) is 3.23. The van der Waals surface area contributed by atoms with Crippen LogP contribution < -0.4 is 0 Å². The maximum atomic E-state index is 12.6. The zero-order valence-corrected chi connectivity index (χ0v) is 8.16. The second-order valence-corrected chi connectivity index (χ2v) is 3.23. The summed E-state index contributed by atoms with van der Waals surface area (Å²) in [5, 5.41) is 0. The lowest BCUT2D eigenvalue weighted by Gasteiger charge is -1.98. The number of hydrogen-bond acceptors (Lipinski definition) is 2. The molecule has 0 radical (unpaired) electrons. The summed E-state index contributed by atoms with van der Waals surface area (Å²) in [4.78, 5) is 11.9. The fourth-order valence-electron chi connectivity index (χ4n) is 1.38. The predicted molar refractivity (Wildman–Crippen MR) is 53.3 cm³/mol. The molecule has 0 bridgehead atoms. The van der Waals surface area contributed by atoms with E-state index in [1.54, 1.807) is 13.0 Å². The van der Waals surface area contributed by atoms with Crippen LogP contribution in [0.2, 0.25) is 0 Å². The Labute approximate surface area is 86.3 Å². The minimum Gasteiger partial charge on any atom is -0.469 e. The molecule has 0 spiro atoms. The highest BCUT2D eigenvalue weighted by Gasteiger charge is 2.13. The minimum absolute atomic E-state index is 0.152. The molecule has 2 aromatic rings. The summed E-state index contributed by atoms with van der Waals surface area (Å²) in [5.41, 5.74) is 0.975. The van der Waals surface area contributed by atoms with Crippen LogP contribution in [0.15, 0.2) is 41.0 Å². The van der Waals surface area contributed by atoms with Gasteiger partial charge in [-0.2, -0.15) is 0 Å². The molecule has 76 valence electrons. The zero-order chi connectivity index (χ0) is 10.8. The van der Waals surface area contributed by atoms with Gasteiger partial charge in [-0.15, -0.1) is 0 Å². The van der Waals surface area contributed by atoms with Crippen LogP contribution in [0.4, 0.5) is 4.39 Å². The molecule has 0 saturated carbocycles. The quantitative estimate of drug-likeness (QED) is 0.704. The van der Waals surface area contributed by atoms with Gasteiger partial charge in [0.2, 0.25) is 0 Å². The molecule has 0 amide bonds. The molecule has 1 heterocycles. The first kappa shape index (κ1) is 9.65. The molecular weight excluding hydrogens is 195 g/mol. The molecule has 0 aliphatic carbocycles. The summed E-state index contributed by atoms with van der Waals surface area (Å²) in [5.74, 6) is 0.0704. The van der Waals surface area contributed by atoms with Gasteiger partial charge < -0.3 is 4.42 Å². The maximum absolute atomic E-state index is 12.6. The maximum Gasteiger partial charge on any atom is 0.196 e. The van der Waals surface area contributed by atoms with Gasteiger partial charge in [0.15, 0.2) is 5.78 Å². The van der Waals surface area contributed by atoms with Crippen molar-refractivity contribution >= 4 is 5.78 Å². The largest absolute Gasteiger partial charge is 0.469 e. The first-order valence-electron chi connectivity index (χ1n) is 4.53. The van der Waals surface area contributed by atoms with Gasteiger partial charge in [0, 0.05) is 5.56 Å². The monoisotopic (exact) mass is 204 g/mol. The van der Waals surface area contributed by atoms with Crippen molar-refractivity contribution in [2.24, 2.45) is 0 Å². The van der Waals surface area contributed by atoms with Gasteiger partial charge in [0.25, 0.3) is 0 Å². The van der Waals surface area contributed by atoms with E-state index in [-0.39, 0.29) is 11.6 Å². The third kappa shape index (κ3) is 1.81. The normalized spacial score (nSPS) is 10.3. The number of halogens is 1. The average Bonchev–Trinajstić information content (AvgIpc) is 2.65. The third-order valence-electron chi connectivity index (χ3n) is 2.21. The molecule has 0 saturated heterocycles. The van der Waals surface area contributed by atoms with Gasteiger partial charge in [0.1, 0.15) is 11.6 Å². The van der Waals surface area contributed by atoms with Crippen LogP contribution in [0, 0.1) is 12.7 Å². The van der Waals surface area contributed by atoms with Crippen LogP contribution in [0.5, 0.6) is 0 Å². The zero-order valence-electron chi connectivity index (χ0n) is 8.16. The van der Waals surface area contributed by atoms with Crippen LogP contribution in [-0.4, -0.2) is 5.78 Å². The lowest BCUT2D eigenvalue weighted by molar-refractivity contribution is 0.103. The molecule has 0 aliphatic rings. The summed E-state index contributed by atoms with van der Waals surface area (Å²) in [7, 11) is 0. The van der Waals surface area contributed by atoms with Crippen molar-refractivity contribution in [3.05, 3.63) is 59.3 Å². The smallest absolute Gasteiger partial charge is 0.196 e. The molecule has 0 fully saturated rings. The van der Waals surface area contributed by atoms with Crippen LogP contribution in [0.25, 0.3) is 0 Å². The standard InChI is InChI=1S/C12H9FO2/c1-8-11(6-7-15-8)12(14)9-2-4-10(13)5-3-9/h2-7H,1H3. The molecule has 0 aliphatic heterocycles. The molecule has 2 rings (SSSR count). The Morgan fingerprint density at radius 3 is 2.40 bits per heavy atom. The van der Waals surface area contributed by atoms with E-state index in [4.69, 9.17) is 4.42 Å². The average molecular weight is 204 g/mol. The molecule has 0 unspecified atom stereocenters. The van der Waals surface area contributed by atoms with E-state index in [0.29, 0.717) is 16.9 Å². The Balaban J connectivity index is 2.37. The predicted octanol–water partition coefficient (Wildman–Crippen LogP) is 2.96. The summed E-state index contributed by atoms with van der Waals surface area (Å²) in [6.45, 7) is 1.72. The topological polar surface area (TPSA) is 30.2 Å². The third-order valence-corrected chi connectivity index (χ3v) is 2.21. The highest BCUT2D eigenvalue weighted by Crippen LogP contribution is 2.15. The van der Waals surface area contributed by atoms with E-state index in [1.165, 1.54) is 30.5 Å². The molecule has 15 heavy (non-hydrogen) atoms. The Morgan fingerprint density at radius 2 is 1.87 bits per heavy atom. The molecule has 0 N–H and O–H groups in total. The Bertz CT molecular complexity index is 483. The van der Waals surface area contributed by atoms with Crippen LogP contribution in [0.1, 0.15) is 21.7 Å². The van der Waals surface area contributed by atoms with E-state index in [2.05, 4.69) is 0 Å². The fourth-order valence-corrected chi connectivity index (χ4v) is 1.38. The highest BCUT2D eigenvalue weighted by atomic mass is 19.1. The van der Waals surface area contributed by atoms with Gasteiger partial charge in [-0.05, 0) is 37.3 Å². The summed E-state index contributed by atoms with van der Waals surface area (Å²) in [6, 6.07) is 7.07. The van der Waals surface area contributed by atoms with Gasteiger partial charge in [-0.25, -0.2) is 4.39 Å². The van der Waals surface area contributed by atoms with E-state index in [1.807, 2.05) is 0 Å². The van der Waals surface area contributed by atoms with Crippen LogP contribution >= 0.6 is 0 Å². The van der Waals surface area contributed by atoms with Crippen LogP contribution in [0.3, 0.4) is 0 Å². The number of furan rings is 1. The van der Waals surface area contributed by atoms with Crippen molar-refractivity contribution < 1.29 is 13.6 Å². The SMILES string of the molecule is Cc1occc1C(=O)c1ccc(F)cc1. The number of ketones is 1. The molecular formula is C12H9FO2. The summed E-state index contributed by atoms with van der Waals surface area (Å²) >= 11 is 0. The summed E-state index contributed by atoms with van der Waals surface area (Å²) in [6.07, 6.45) is 1.46. The number of hydrogen-bond donors (Lipinski definition) is 0. The van der Waals surface area contributed by atoms with Crippen molar-refractivity contribution in [2.75, 3.05) is 0 Å². The molecule has 3 heteroatoms. The number of carbonyl (C=O) groups excluding carboxylic acids is 1. The van der Waals surface area contributed by atoms with E-state index < -0.39 is 0 Å². The Kier molecular flexibility index (Phi) is 2.37. The number of benzene rings is 1. The van der Waals surface area contributed by atoms with E-state index in [9.17, 15) is 9.18 Å². The minimum atomic E-state index is -0.351. The van der Waals surface area contributed by atoms with Gasteiger partial charge >= 0.3 is 0 Å². The molecule has 1 aromatic carbocycles. The van der Waals surface area contributed by atoms with Crippen molar-refractivity contribution in [1.82, 2.24) is 0 Å². The van der Waals surface area contributed by atoms with Crippen molar-refractivity contribution in [2.45, 2.75) is 6.92 Å². The summed E-state index contributed by atoms with van der Waals surface area (Å²) < 4.78 is 17.7. The lowest BCUT2D eigenvalue weighted by atomic mass is 10.0. The van der Waals surface area contributed by atoms with Crippen molar-refractivity contribution in [3.63, 3.8) is 0 Å². The lowest BCUT2D eigenvalue weighted by Crippen LogP contribution is -2.01. The van der Waals surface area contributed by atoms with E-state index in [0.717, 1.165) is 0 Å². The number of carbonyl (C=O) groups is 1. The first-order chi connectivity index (χ1) is 7.18. The first-order valence-corrected chi connectivity index (χ1v) is 4.53. The van der Waals surface area contributed by atoms with Crippen LogP contribution in [-0.2, 0) is 0 Å². The Morgan fingerprint density at radius 1 is 1.20 bits per heavy atom. The fraction of sp³-hybridized carbons (Fsp3) is 0.0833. The van der Waals surface area contributed by atoms with Crippen molar-refractivity contribution in [1.29, 1.82) is 0 Å².